The fourth-order valence-corrected chi connectivity index (χ4v) is 3.98. The van der Waals surface area contributed by atoms with Crippen molar-refractivity contribution in [3.63, 3.8) is 0 Å². The highest BCUT2D eigenvalue weighted by atomic mass is 16.5. The number of rotatable bonds is 4. The van der Waals surface area contributed by atoms with Crippen LogP contribution in [0.2, 0.25) is 0 Å². The second-order valence-electron chi connectivity index (χ2n) is 7.58. The van der Waals surface area contributed by atoms with Crippen LogP contribution in [0.5, 0.6) is 0 Å². The summed E-state index contributed by atoms with van der Waals surface area (Å²) in [5.41, 5.74) is 10.1. The van der Waals surface area contributed by atoms with Gasteiger partial charge in [-0.3, -0.25) is 4.79 Å². The van der Waals surface area contributed by atoms with Crippen molar-refractivity contribution in [1.82, 2.24) is 4.57 Å². The molecule has 6 heteroatoms. The average Bonchev–Trinajstić information content (AvgIpc) is 2.98. The smallest absolute Gasteiger partial charge is 0.250 e. The number of morpholine rings is 1. The van der Waals surface area contributed by atoms with Gasteiger partial charge in [0.2, 0.25) is 0 Å². The van der Waals surface area contributed by atoms with Crippen molar-refractivity contribution in [3.05, 3.63) is 54.2 Å². The number of aromatic nitrogens is 1. The lowest BCUT2D eigenvalue weighted by Gasteiger charge is -2.36. The third-order valence-corrected chi connectivity index (χ3v) is 5.20. The molecule has 6 nitrogen and oxygen atoms in total. The number of nitrogens with one attached hydrogen (secondary N) is 1. The average molecular weight is 378 g/mol. The van der Waals surface area contributed by atoms with E-state index in [2.05, 4.69) is 48.3 Å². The standard InChI is InChI=1S/C22H26N4O2/c1-14-11-26(12-15(2)28-14)18-7-4-16(5-8-18)24-17-6-9-21-19(10-17)20(22(23)27)13-25(21)3/h4-10,13-15,24H,11-12H2,1-3H3,(H2,23,27). The lowest BCUT2D eigenvalue weighted by molar-refractivity contribution is -0.00521. The number of amides is 1. The second-order valence-corrected chi connectivity index (χ2v) is 7.58. The fraction of sp³-hybridized carbons (Fsp3) is 0.318. The Morgan fingerprint density at radius 2 is 1.71 bits per heavy atom. The first-order valence-electron chi connectivity index (χ1n) is 9.57. The number of primary amides is 1. The maximum Gasteiger partial charge on any atom is 0.250 e. The molecule has 1 aliphatic rings. The van der Waals surface area contributed by atoms with Crippen LogP contribution in [-0.4, -0.2) is 35.8 Å². The summed E-state index contributed by atoms with van der Waals surface area (Å²) in [6.07, 6.45) is 2.24. The molecule has 1 amide bonds. The first-order chi connectivity index (χ1) is 13.4. The van der Waals surface area contributed by atoms with E-state index in [1.807, 2.05) is 29.8 Å². The lowest BCUT2D eigenvalue weighted by atomic mass is 10.1. The Kier molecular flexibility index (Phi) is 4.73. The predicted octanol–water partition coefficient (Wildman–Crippen LogP) is 3.63. The molecule has 3 aromatic rings. The number of aryl methyl sites for hydroxylation is 1. The van der Waals surface area contributed by atoms with Crippen LogP contribution in [0.25, 0.3) is 10.9 Å². The Bertz CT molecular complexity index is 999. The predicted molar refractivity (Wildman–Crippen MR) is 113 cm³/mol. The van der Waals surface area contributed by atoms with Gasteiger partial charge >= 0.3 is 0 Å². The van der Waals surface area contributed by atoms with Crippen molar-refractivity contribution in [2.75, 3.05) is 23.3 Å². The molecule has 2 heterocycles. The Morgan fingerprint density at radius 1 is 1.07 bits per heavy atom. The molecule has 2 aromatic carbocycles. The normalized spacial score (nSPS) is 19.8. The van der Waals surface area contributed by atoms with Gasteiger partial charge in [-0.1, -0.05) is 0 Å². The summed E-state index contributed by atoms with van der Waals surface area (Å²) in [6.45, 7) is 6.02. The van der Waals surface area contributed by atoms with Crippen LogP contribution in [0.4, 0.5) is 17.1 Å². The summed E-state index contributed by atoms with van der Waals surface area (Å²) in [5, 5.41) is 4.27. The summed E-state index contributed by atoms with van der Waals surface area (Å²) in [6, 6.07) is 14.4. The fourth-order valence-electron chi connectivity index (χ4n) is 3.98. The van der Waals surface area contributed by atoms with Crippen molar-refractivity contribution < 1.29 is 9.53 Å². The number of benzene rings is 2. The van der Waals surface area contributed by atoms with Crippen LogP contribution < -0.4 is 16.0 Å². The van der Waals surface area contributed by atoms with Crippen molar-refractivity contribution >= 4 is 33.9 Å². The van der Waals surface area contributed by atoms with E-state index in [-0.39, 0.29) is 12.2 Å². The molecular weight excluding hydrogens is 352 g/mol. The van der Waals surface area contributed by atoms with E-state index in [1.54, 1.807) is 6.20 Å². The number of hydrogen-bond donors (Lipinski definition) is 2. The van der Waals surface area contributed by atoms with Gasteiger partial charge in [0, 0.05) is 54.3 Å². The van der Waals surface area contributed by atoms with Crippen molar-refractivity contribution in [2.24, 2.45) is 12.8 Å². The molecule has 1 saturated heterocycles. The molecule has 4 rings (SSSR count). The molecule has 0 spiro atoms. The number of hydrogen-bond acceptors (Lipinski definition) is 4. The Morgan fingerprint density at radius 3 is 2.36 bits per heavy atom. The Balaban J connectivity index is 1.54. The molecule has 1 fully saturated rings. The van der Waals surface area contributed by atoms with Gasteiger partial charge in [0.25, 0.3) is 5.91 Å². The summed E-state index contributed by atoms with van der Waals surface area (Å²) >= 11 is 0. The Hall–Kier alpha value is -2.99. The van der Waals surface area contributed by atoms with E-state index >= 15 is 0 Å². The van der Waals surface area contributed by atoms with Gasteiger partial charge in [-0.15, -0.1) is 0 Å². The van der Waals surface area contributed by atoms with E-state index in [4.69, 9.17) is 10.5 Å². The molecular formula is C22H26N4O2. The van der Waals surface area contributed by atoms with Crippen LogP contribution >= 0.6 is 0 Å². The highest BCUT2D eigenvalue weighted by Gasteiger charge is 2.22. The number of fused-ring (bicyclic) bond motifs is 1. The zero-order valence-corrected chi connectivity index (χ0v) is 16.5. The van der Waals surface area contributed by atoms with Gasteiger partial charge in [0.1, 0.15) is 0 Å². The van der Waals surface area contributed by atoms with E-state index in [0.717, 1.165) is 35.4 Å². The van der Waals surface area contributed by atoms with Gasteiger partial charge in [-0.2, -0.15) is 0 Å². The molecule has 3 N–H and O–H groups in total. The lowest BCUT2D eigenvalue weighted by Crippen LogP contribution is -2.45. The largest absolute Gasteiger partial charge is 0.372 e. The first kappa shape index (κ1) is 18.4. The second kappa shape index (κ2) is 7.20. The van der Waals surface area contributed by atoms with E-state index in [1.165, 1.54) is 5.69 Å². The first-order valence-corrected chi connectivity index (χ1v) is 9.57. The van der Waals surface area contributed by atoms with Crippen LogP contribution in [0.1, 0.15) is 24.2 Å². The number of ether oxygens (including phenoxy) is 1. The SMILES string of the molecule is CC1CN(c2ccc(Nc3ccc4c(c3)c(C(N)=O)cn4C)cc2)CC(C)O1. The molecule has 28 heavy (non-hydrogen) atoms. The molecule has 2 unspecified atom stereocenters. The molecule has 0 aliphatic carbocycles. The Labute approximate surface area is 164 Å². The minimum atomic E-state index is -0.416. The highest BCUT2D eigenvalue weighted by molar-refractivity contribution is 6.07. The minimum absolute atomic E-state index is 0.235. The number of nitrogens with two attached hydrogens (primary N) is 1. The number of carbonyl (C=O) groups is 1. The number of carbonyl (C=O) groups excluding carboxylic acids is 1. The maximum absolute atomic E-state index is 11.7. The summed E-state index contributed by atoms with van der Waals surface area (Å²) in [7, 11) is 1.91. The summed E-state index contributed by atoms with van der Waals surface area (Å²) in [5.74, 6) is -0.416. The van der Waals surface area contributed by atoms with Crippen molar-refractivity contribution in [2.45, 2.75) is 26.1 Å². The van der Waals surface area contributed by atoms with Crippen LogP contribution in [0.3, 0.4) is 0 Å². The molecule has 146 valence electrons. The van der Waals surface area contributed by atoms with E-state index in [0.29, 0.717) is 5.56 Å². The van der Waals surface area contributed by atoms with E-state index < -0.39 is 5.91 Å². The third kappa shape index (κ3) is 3.55. The van der Waals surface area contributed by atoms with Crippen LogP contribution in [0.15, 0.2) is 48.7 Å². The van der Waals surface area contributed by atoms with Gasteiger partial charge in [-0.25, -0.2) is 0 Å². The molecule has 0 saturated carbocycles. The molecule has 1 aromatic heterocycles. The molecule has 0 radical (unpaired) electrons. The number of nitrogens with zero attached hydrogens (tertiary/aromatic N) is 2. The summed E-state index contributed by atoms with van der Waals surface area (Å²) < 4.78 is 7.73. The molecule has 0 bridgehead atoms. The van der Waals surface area contributed by atoms with Gasteiger partial charge in [0.05, 0.1) is 17.8 Å². The maximum atomic E-state index is 11.7. The van der Waals surface area contributed by atoms with Crippen LogP contribution in [-0.2, 0) is 11.8 Å². The third-order valence-electron chi connectivity index (χ3n) is 5.20. The minimum Gasteiger partial charge on any atom is -0.372 e. The van der Waals surface area contributed by atoms with Crippen molar-refractivity contribution in [3.8, 4) is 0 Å². The topological polar surface area (TPSA) is 72.5 Å². The quantitative estimate of drug-likeness (QED) is 0.727. The summed E-state index contributed by atoms with van der Waals surface area (Å²) in [4.78, 5) is 14.1. The van der Waals surface area contributed by atoms with Crippen LogP contribution in [0, 0.1) is 0 Å². The molecule has 2 atom stereocenters. The highest BCUT2D eigenvalue weighted by Crippen LogP contribution is 2.28. The van der Waals surface area contributed by atoms with E-state index in [9.17, 15) is 4.79 Å². The van der Waals surface area contributed by atoms with Crippen molar-refractivity contribution in [1.29, 1.82) is 0 Å². The zero-order chi connectivity index (χ0) is 19.8. The molecule has 1 aliphatic heterocycles. The van der Waals surface area contributed by atoms with Gasteiger partial charge in [0.15, 0.2) is 0 Å². The number of anilines is 3. The monoisotopic (exact) mass is 378 g/mol. The van der Waals surface area contributed by atoms with Gasteiger partial charge < -0.3 is 25.3 Å². The van der Waals surface area contributed by atoms with Gasteiger partial charge in [-0.05, 0) is 56.3 Å². The zero-order valence-electron chi connectivity index (χ0n) is 16.5.